The normalized spacial score (nSPS) is 43.1. The van der Waals surface area contributed by atoms with Gasteiger partial charge in [-0.2, -0.15) is 0 Å². The van der Waals surface area contributed by atoms with Gasteiger partial charge in [-0.3, -0.25) is 9.59 Å². The van der Waals surface area contributed by atoms with E-state index in [0.29, 0.717) is 37.6 Å². The zero-order chi connectivity index (χ0) is 23.1. The predicted molar refractivity (Wildman–Crippen MR) is 120 cm³/mol. The molecular weight excluding hydrogens is 408 g/mol. The summed E-state index contributed by atoms with van der Waals surface area (Å²) < 4.78 is 24.0. The molecule has 3 aliphatic carbocycles. The molecular formula is C26H42O6. The van der Waals surface area contributed by atoms with E-state index in [1.807, 2.05) is 0 Å². The van der Waals surface area contributed by atoms with E-state index in [9.17, 15) is 9.59 Å². The Morgan fingerprint density at radius 3 is 2.28 bits per heavy atom. The highest BCUT2D eigenvalue weighted by molar-refractivity contribution is 5.66. The van der Waals surface area contributed by atoms with Crippen LogP contribution in [-0.4, -0.2) is 43.7 Å². The number of carbonyl (C=O) groups is 2. The second-order valence-electron chi connectivity index (χ2n) is 11.4. The highest BCUT2D eigenvalue weighted by Crippen LogP contribution is 2.65. The first-order chi connectivity index (χ1) is 15.1. The molecule has 4 aliphatic rings. The molecule has 0 bridgehead atoms. The van der Waals surface area contributed by atoms with Gasteiger partial charge in [0.2, 0.25) is 0 Å². The number of esters is 2. The zero-order valence-electron chi connectivity index (χ0n) is 20.6. The second kappa shape index (κ2) is 8.90. The van der Waals surface area contributed by atoms with Gasteiger partial charge in [0.25, 0.3) is 0 Å². The van der Waals surface area contributed by atoms with E-state index in [0.717, 1.165) is 44.9 Å². The first kappa shape index (κ1) is 24.0. The SMILES string of the molecule is CC(=O)OCC[C@H]1C[C@@H](C)CC[C@]1(C)C1CC[C@@]2(C)C(CCC23OCCO3)[C@@H]1OC(C)=O. The Bertz CT molecular complexity index is 715. The average Bonchev–Trinajstić information content (AvgIpc) is 3.31. The molecule has 1 heterocycles. The maximum Gasteiger partial charge on any atom is 0.302 e. The number of hydrogen-bond donors (Lipinski definition) is 0. The molecule has 4 fully saturated rings. The van der Waals surface area contributed by atoms with Crippen molar-refractivity contribution in [2.75, 3.05) is 19.8 Å². The van der Waals surface area contributed by atoms with E-state index in [1.54, 1.807) is 6.92 Å². The van der Waals surface area contributed by atoms with Crippen LogP contribution in [0.15, 0.2) is 0 Å². The quantitative estimate of drug-likeness (QED) is 0.556. The molecule has 0 N–H and O–H groups in total. The van der Waals surface area contributed by atoms with Gasteiger partial charge >= 0.3 is 11.9 Å². The summed E-state index contributed by atoms with van der Waals surface area (Å²) in [5, 5.41) is 0. The Morgan fingerprint density at radius 1 is 0.938 bits per heavy atom. The Balaban J connectivity index is 1.62. The van der Waals surface area contributed by atoms with Crippen LogP contribution in [0.5, 0.6) is 0 Å². The molecule has 1 spiro atoms. The van der Waals surface area contributed by atoms with E-state index in [2.05, 4.69) is 20.8 Å². The smallest absolute Gasteiger partial charge is 0.302 e. The first-order valence-electron chi connectivity index (χ1n) is 12.7. The molecule has 0 aromatic heterocycles. The van der Waals surface area contributed by atoms with Crippen LogP contribution in [0.25, 0.3) is 0 Å². The van der Waals surface area contributed by atoms with Crippen LogP contribution in [0.2, 0.25) is 0 Å². The molecule has 0 aromatic carbocycles. The molecule has 1 aliphatic heterocycles. The van der Waals surface area contributed by atoms with Crippen molar-refractivity contribution in [3.63, 3.8) is 0 Å². The van der Waals surface area contributed by atoms with Crippen molar-refractivity contribution in [3.8, 4) is 0 Å². The van der Waals surface area contributed by atoms with Crippen molar-refractivity contribution in [2.45, 2.75) is 97.9 Å². The van der Waals surface area contributed by atoms with Crippen molar-refractivity contribution in [3.05, 3.63) is 0 Å². The summed E-state index contributed by atoms with van der Waals surface area (Å²) in [6.45, 7) is 11.8. The third-order valence-electron chi connectivity index (χ3n) is 9.71. The van der Waals surface area contributed by atoms with Crippen LogP contribution in [0.3, 0.4) is 0 Å². The number of carbonyl (C=O) groups excluding carboxylic acids is 2. The highest BCUT2D eigenvalue weighted by Gasteiger charge is 2.67. The van der Waals surface area contributed by atoms with Crippen molar-refractivity contribution in [1.82, 2.24) is 0 Å². The summed E-state index contributed by atoms with van der Waals surface area (Å²) in [5.74, 6) is 0.744. The Hall–Kier alpha value is -1.14. The lowest BCUT2D eigenvalue weighted by atomic mass is 9.50. The lowest BCUT2D eigenvalue weighted by Crippen LogP contribution is -2.58. The predicted octanol–water partition coefficient (Wildman–Crippen LogP) is 4.88. The maximum atomic E-state index is 12.3. The summed E-state index contributed by atoms with van der Waals surface area (Å²) in [4.78, 5) is 23.7. The summed E-state index contributed by atoms with van der Waals surface area (Å²) in [5.41, 5.74) is -0.0765. The van der Waals surface area contributed by atoms with Gasteiger partial charge < -0.3 is 18.9 Å². The van der Waals surface area contributed by atoms with Crippen LogP contribution >= 0.6 is 0 Å². The monoisotopic (exact) mass is 450 g/mol. The lowest BCUT2D eigenvalue weighted by molar-refractivity contribution is -0.252. The second-order valence-corrected chi connectivity index (χ2v) is 11.4. The fraction of sp³-hybridized carbons (Fsp3) is 0.923. The summed E-state index contributed by atoms with van der Waals surface area (Å²) in [7, 11) is 0. The minimum absolute atomic E-state index is 0.0568. The van der Waals surface area contributed by atoms with Gasteiger partial charge in [0, 0.05) is 37.5 Å². The van der Waals surface area contributed by atoms with Crippen LogP contribution in [0, 0.1) is 34.5 Å². The van der Waals surface area contributed by atoms with Crippen LogP contribution in [0.1, 0.15) is 86.0 Å². The van der Waals surface area contributed by atoms with Gasteiger partial charge in [-0.25, -0.2) is 0 Å². The van der Waals surface area contributed by atoms with E-state index >= 15 is 0 Å². The average molecular weight is 451 g/mol. The number of rotatable bonds is 5. The fourth-order valence-electron chi connectivity index (χ4n) is 7.94. The van der Waals surface area contributed by atoms with Crippen molar-refractivity contribution >= 4 is 11.9 Å². The largest absolute Gasteiger partial charge is 0.466 e. The Labute approximate surface area is 193 Å². The summed E-state index contributed by atoms with van der Waals surface area (Å²) in [6.07, 6.45) is 8.10. The van der Waals surface area contributed by atoms with Gasteiger partial charge in [0.15, 0.2) is 5.79 Å². The molecule has 32 heavy (non-hydrogen) atoms. The highest BCUT2D eigenvalue weighted by atomic mass is 16.7. The van der Waals surface area contributed by atoms with Gasteiger partial charge in [-0.15, -0.1) is 0 Å². The number of fused-ring (bicyclic) bond motifs is 2. The Morgan fingerprint density at radius 2 is 1.62 bits per heavy atom. The standard InChI is InChI=1S/C26H42O6/c1-17-6-10-24(4,20(16-17)9-13-29-18(2)27)21-7-11-25(5)22(23(21)32-19(3)28)8-12-26(25)30-14-15-31-26/h17,20-23H,6-16H2,1-5H3/t17-,20-,21?,22?,23+,24-,25-/m0/s1. The van der Waals surface area contributed by atoms with Crippen molar-refractivity contribution < 1.29 is 28.5 Å². The van der Waals surface area contributed by atoms with Gasteiger partial charge in [0.05, 0.1) is 19.8 Å². The molecule has 182 valence electrons. The molecule has 1 saturated heterocycles. The molecule has 0 radical (unpaired) electrons. The topological polar surface area (TPSA) is 71.1 Å². The molecule has 2 unspecified atom stereocenters. The third kappa shape index (κ3) is 4.00. The summed E-state index contributed by atoms with van der Waals surface area (Å²) in [6, 6.07) is 0. The third-order valence-corrected chi connectivity index (χ3v) is 9.71. The number of hydrogen-bond acceptors (Lipinski definition) is 6. The minimum atomic E-state index is -0.516. The Kier molecular flexibility index (Phi) is 6.68. The maximum absolute atomic E-state index is 12.3. The van der Waals surface area contributed by atoms with E-state index in [1.165, 1.54) is 13.3 Å². The molecule has 7 atom stereocenters. The first-order valence-corrected chi connectivity index (χ1v) is 12.7. The number of ether oxygens (including phenoxy) is 4. The van der Waals surface area contributed by atoms with E-state index < -0.39 is 5.79 Å². The van der Waals surface area contributed by atoms with Gasteiger partial charge in [0.1, 0.15) is 6.10 Å². The van der Waals surface area contributed by atoms with Crippen molar-refractivity contribution in [2.24, 2.45) is 34.5 Å². The molecule has 3 saturated carbocycles. The zero-order valence-corrected chi connectivity index (χ0v) is 20.6. The molecule has 0 amide bonds. The van der Waals surface area contributed by atoms with Crippen LogP contribution in [0.4, 0.5) is 0 Å². The minimum Gasteiger partial charge on any atom is -0.466 e. The van der Waals surface area contributed by atoms with Gasteiger partial charge in [-0.05, 0) is 55.8 Å². The van der Waals surface area contributed by atoms with Crippen LogP contribution in [-0.2, 0) is 28.5 Å². The van der Waals surface area contributed by atoms with Gasteiger partial charge in [-0.1, -0.05) is 27.2 Å². The molecule has 6 heteroatoms. The molecule has 6 nitrogen and oxygen atoms in total. The van der Waals surface area contributed by atoms with E-state index in [-0.39, 0.29) is 34.8 Å². The summed E-state index contributed by atoms with van der Waals surface area (Å²) >= 11 is 0. The van der Waals surface area contributed by atoms with Crippen molar-refractivity contribution in [1.29, 1.82) is 0 Å². The van der Waals surface area contributed by atoms with Crippen LogP contribution < -0.4 is 0 Å². The van der Waals surface area contributed by atoms with E-state index in [4.69, 9.17) is 18.9 Å². The fourth-order valence-corrected chi connectivity index (χ4v) is 7.94. The lowest BCUT2D eigenvalue weighted by Gasteiger charge is -2.57. The molecule has 4 rings (SSSR count). The molecule has 0 aromatic rings.